The highest BCUT2D eigenvalue weighted by atomic mass is 35.5. The van der Waals surface area contributed by atoms with Crippen LogP contribution < -0.4 is 5.32 Å². The van der Waals surface area contributed by atoms with Crippen molar-refractivity contribution in [1.29, 1.82) is 0 Å². The summed E-state index contributed by atoms with van der Waals surface area (Å²) < 4.78 is 5.33. The molecule has 2 aromatic rings. The van der Waals surface area contributed by atoms with Crippen LogP contribution in [-0.2, 0) is 4.74 Å². The number of ether oxygens (including phenoxy) is 1. The average molecular weight is 409 g/mol. The second-order valence-electron chi connectivity index (χ2n) is 6.46. The van der Waals surface area contributed by atoms with Gasteiger partial charge in [0.1, 0.15) is 0 Å². The molecular formula is C20H22Cl2N2O3. The third kappa shape index (κ3) is 5.67. The Hall–Kier alpha value is -1.63. The molecule has 1 aliphatic rings. The van der Waals surface area contributed by atoms with Gasteiger partial charge in [-0.1, -0.05) is 35.3 Å². The maximum atomic E-state index is 12.3. The lowest BCUT2D eigenvalue weighted by Gasteiger charge is -2.27. The maximum absolute atomic E-state index is 12.3. The van der Waals surface area contributed by atoms with Crippen LogP contribution in [0.4, 0.5) is 5.69 Å². The highest BCUT2D eigenvalue weighted by Gasteiger charge is 2.14. The van der Waals surface area contributed by atoms with Gasteiger partial charge < -0.3 is 15.2 Å². The average Bonchev–Trinajstić information content (AvgIpc) is 2.69. The zero-order chi connectivity index (χ0) is 19.2. The highest BCUT2D eigenvalue weighted by molar-refractivity contribution is 6.42. The van der Waals surface area contributed by atoms with E-state index in [0.717, 1.165) is 38.4 Å². The summed E-state index contributed by atoms with van der Waals surface area (Å²) in [7, 11) is 0. The Morgan fingerprint density at radius 1 is 1.11 bits per heavy atom. The van der Waals surface area contributed by atoms with Crippen LogP contribution in [-0.4, -0.2) is 48.8 Å². The molecule has 0 saturated carbocycles. The Kier molecular flexibility index (Phi) is 7.10. The van der Waals surface area contributed by atoms with Gasteiger partial charge in [0.15, 0.2) is 0 Å². The van der Waals surface area contributed by atoms with Crippen LogP contribution in [0.5, 0.6) is 0 Å². The zero-order valence-corrected chi connectivity index (χ0v) is 16.3. The number of hydrogen-bond donors (Lipinski definition) is 2. The number of hydrogen-bond acceptors (Lipinski definition) is 4. The third-order valence-corrected chi connectivity index (χ3v) is 5.30. The first-order valence-electron chi connectivity index (χ1n) is 8.87. The fourth-order valence-electron chi connectivity index (χ4n) is 2.93. The van der Waals surface area contributed by atoms with Gasteiger partial charge in [0.2, 0.25) is 0 Å². The van der Waals surface area contributed by atoms with E-state index in [2.05, 4.69) is 10.2 Å². The Morgan fingerprint density at radius 2 is 1.81 bits per heavy atom. The molecule has 1 aliphatic heterocycles. The Morgan fingerprint density at radius 3 is 2.48 bits per heavy atom. The first-order chi connectivity index (χ1) is 13.0. The fraction of sp³-hybridized carbons (Fsp3) is 0.350. The second kappa shape index (κ2) is 9.53. The van der Waals surface area contributed by atoms with Crippen LogP contribution in [0.2, 0.25) is 10.0 Å². The minimum atomic E-state index is -0.535. The van der Waals surface area contributed by atoms with Gasteiger partial charge in [-0.25, -0.2) is 0 Å². The summed E-state index contributed by atoms with van der Waals surface area (Å²) in [4.78, 5) is 14.6. The van der Waals surface area contributed by atoms with Crippen molar-refractivity contribution < 1.29 is 14.6 Å². The summed E-state index contributed by atoms with van der Waals surface area (Å²) >= 11 is 11.8. The summed E-state index contributed by atoms with van der Waals surface area (Å²) in [6.45, 7) is 4.16. The van der Waals surface area contributed by atoms with E-state index in [4.69, 9.17) is 27.9 Å². The fourth-order valence-corrected chi connectivity index (χ4v) is 3.22. The molecule has 1 amide bonds. The van der Waals surface area contributed by atoms with E-state index in [1.807, 2.05) is 12.1 Å². The van der Waals surface area contributed by atoms with Crippen LogP contribution in [0.25, 0.3) is 0 Å². The van der Waals surface area contributed by atoms with E-state index in [1.54, 1.807) is 24.3 Å². The molecule has 1 saturated heterocycles. The predicted octanol–water partition coefficient (Wildman–Crippen LogP) is 4.00. The van der Waals surface area contributed by atoms with Gasteiger partial charge in [-0.2, -0.15) is 0 Å². The normalized spacial score (nSPS) is 16.1. The van der Waals surface area contributed by atoms with Gasteiger partial charge in [0.25, 0.3) is 5.91 Å². The van der Waals surface area contributed by atoms with Crippen LogP contribution in [0.3, 0.4) is 0 Å². The summed E-state index contributed by atoms with van der Waals surface area (Å²) in [5.74, 6) is -0.269. The molecule has 1 atom stereocenters. The van der Waals surface area contributed by atoms with Crippen molar-refractivity contribution in [3.8, 4) is 0 Å². The molecule has 0 bridgehead atoms. The molecular weight excluding hydrogens is 387 g/mol. The zero-order valence-electron chi connectivity index (χ0n) is 14.8. The number of amides is 1. The first kappa shape index (κ1) is 20.1. The number of morpholine rings is 1. The van der Waals surface area contributed by atoms with Crippen LogP contribution >= 0.6 is 23.2 Å². The number of carbonyl (C=O) groups excluding carboxylic acids is 1. The summed E-state index contributed by atoms with van der Waals surface area (Å²) in [5, 5.41) is 13.9. The lowest BCUT2D eigenvalue weighted by molar-refractivity contribution is 0.0300. The number of nitrogens with zero attached hydrogens (tertiary/aromatic N) is 1. The summed E-state index contributed by atoms with van der Waals surface area (Å²) in [6, 6.07) is 12.0. The monoisotopic (exact) mass is 408 g/mol. The van der Waals surface area contributed by atoms with E-state index in [1.165, 1.54) is 6.07 Å². The number of halogens is 2. The van der Waals surface area contributed by atoms with Gasteiger partial charge >= 0.3 is 0 Å². The van der Waals surface area contributed by atoms with Crippen LogP contribution in [0, 0.1) is 0 Å². The Labute approximate surface area is 168 Å². The summed E-state index contributed by atoms with van der Waals surface area (Å²) in [5.41, 5.74) is 1.91. The van der Waals surface area contributed by atoms with Gasteiger partial charge in [-0.15, -0.1) is 0 Å². The van der Waals surface area contributed by atoms with E-state index >= 15 is 0 Å². The molecule has 0 radical (unpaired) electrons. The molecule has 1 fully saturated rings. The van der Waals surface area contributed by atoms with Crippen molar-refractivity contribution >= 4 is 34.8 Å². The number of benzene rings is 2. The minimum Gasteiger partial charge on any atom is -0.388 e. The second-order valence-corrected chi connectivity index (χ2v) is 7.28. The molecule has 2 aromatic carbocycles. The molecule has 1 unspecified atom stereocenters. The molecule has 5 nitrogen and oxygen atoms in total. The predicted molar refractivity (Wildman–Crippen MR) is 108 cm³/mol. The van der Waals surface area contributed by atoms with E-state index < -0.39 is 6.10 Å². The SMILES string of the molecule is O=C(Nc1ccc(C(O)CCN2CCOCC2)cc1)c1ccc(Cl)c(Cl)c1. The summed E-state index contributed by atoms with van der Waals surface area (Å²) in [6.07, 6.45) is 0.127. The van der Waals surface area contributed by atoms with Gasteiger partial charge in [-0.05, 0) is 42.3 Å². The molecule has 0 aliphatic carbocycles. The molecule has 0 spiro atoms. The molecule has 0 aromatic heterocycles. The van der Waals surface area contributed by atoms with Crippen LogP contribution in [0.15, 0.2) is 42.5 Å². The molecule has 7 heteroatoms. The number of aliphatic hydroxyl groups is 1. The minimum absolute atomic E-state index is 0.269. The van der Waals surface area contributed by atoms with Crippen molar-refractivity contribution in [1.82, 2.24) is 4.90 Å². The number of aliphatic hydroxyl groups excluding tert-OH is 1. The number of nitrogens with one attached hydrogen (secondary N) is 1. The van der Waals surface area contributed by atoms with E-state index in [-0.39, 0.29) is 5.91 Å². The van der Waals surface area contributed by atoms with Crippen LogP contribution in [0.1, 0.15) is 28.4 Å². The number of carbonyl (C=O) groups is 1. The first-order valence-corrected chi connectivity index (χ1v) is 9.63. The highest BCUT2D eigenvalue weighted by Crippen LogP contribution is 2.24. The van der Waals surface area contributed by atoms with Gasteiger partial charge in [0, 0.05) is 30.9 Å². The van der Waals surface area contributed by atoms with Gasteiger partial charge in [0.05, 0.1) is 29.4 Å². The van der Waals surface area contributed by atoms with Crippen molar-refractivity contribution in [2.75, 3.05) is 38.2 Å². The van der Waals surface area contributed by atoms with Crippen molar-refractivity contribution in [3.05, 3.63) is 63.6 Å². The van der Waals surface area contributed by atoms with Crippen molar-refractivity contribution in [3.63, 3.8) is 0 Å². The smallest absolute Gasteiger partial charge is 0.255 e. The maximum Gasteiger partial charge on any atom is 0.255 e. The van der Waals surface area contributed by atoms with E-state index in [9.17, 15) is 9.90 Å². The number of rotatable bonds is 6. The Bertz CT molecular complexity index is 777. The lowest BCUT2D eigenvalue weighted by atomic mass is 10.1. The standard InChI is InChI=1S/C20H22Cl2N2O3/c21-17-6-3-15(13-18(17)22)20(26)23-16-4-1-14(2-5-16)19(25)7-8-24-9-11-27-12-10-24/h1-6,13,19,25H,7-12H2,(H,23,26). The number of anilines is 1. The van der Waals surface area contributed by atoms with Gasteiger partial charge in [-0.3, -0.25) is 9.69 Å². The topological polar surface area (TPSA) is 61.8 Å². The largest absolute Gasteiger partial charge is 0.388 e. The van der Waals surface area contributed by atoms with Crippen molar-refractivity contribution in [2.24, 2.45) is 0 Å². The third-order valence-electron chi connectivity index (χ3n) is 4.56. The molecule has 1 heterocycles. The van der Waals surface area contributed by atoms with Crippen molar-refractivity contribution in [2.45, 2.75) is 12.5 Å². The Balaban J connectivity index is 1.54. The molecule has 3 rings (SSSR count). The molecule has 144 valence electrons. The lowest BCUT2D eigenvalue weighted by Crippen LogP contribution is -2.37. The van der Waals surface area contributed by atoms with E-state index in [0.29, 0.717) is 27.7 Å². The molecule has 2 N–H and O–H groups in total. The molecule has 27 heavy (non-hydrogen) atoms. The quantitative estimate of drug-likeness (QED) is 0.757.